The Kier molecular flexibility index (Phi) is 3.44. The summed E-state index contributed by atoms with van der Waals surface area (Å²) < 4.78 is 0. The highest BCUT2D eigenvalue weighted by Crippen LogP contribution is 2.41. The molecule has 0 spiro atoms. The maximum absolute atomic E-state index is 6.63. The first-order valence-electron chi connectivity index (χ1n) is 8.69. The molecule has 1 heterocycles. The van der Waals surface area contributed by atoms with E-state index in [1.165, 1.54) is 16.3 Å². The van der Waals surface area contributed by atoms with E-state index in [1.807, 2.05) is 18.2 Å². The monoisotopic (exact) mass is 353 g/mol. The summed E-state index contributed by atoms with van der Waals surface area (Å²) in [4.78, 5) is 4.94. The average molecular weight is 354 g/mol. The number of hydrogen-bond donors (Lipinski definition) is 0. The molecule has 5 rings (SSSR count). The van der Waals surface area contributed by atoms with Crippen LogP contribution in [0.1, 0.15) is 5.56 Å². The maximum atomic E-state index is 6.63. The Morgan fingerprint density at radius 1 is 0.731 bits per heavy atom. The molecule has 1 nitrogen and oxygen atoms in total. The molecule has 0 unspecified atom stereocenters. The second-order valence-electron chi connectivity index (χ2n) is 6.67. The molecule has 0 atom stereocenters. The number of pyridine rings is 1. The molecule has 5 aromatic rings. The summed E-state index contributed by atoms with van der Waals surface area (Å²) in [6.07, 6.45) is 0. The number of rotatable bonds is 1. The van der Waals surface area contributed by atoms with Crippen molar-refractivity contribution >= 4 is 44.2 Å². The van der Waals surface area contributed by atoms with E-state index >= 15 is 0 Å². The molecule has 124 valence electrons. The molecule has 0 aliphatic heterocycles. The van der Waals surface area contributed by atoms with Gasteiger partial charge < -0.3 is 0 Å². The highest BCUT2D eigenvalue weighted by Gasteiger charge is 2.15. The van der Waals surface area contributed by atoms with E-state index in [1.54, 1.807) is 0 Å². The molecule has 4 aromatic carbocycles. The lowest BCUT2D eigenvalue weighted by molar-refractivity contribution is 1.45. The minimum Gasteiger partial charge on any atom is -0.248 e. The number of nitrogens with zero attached hydrogens (tertiary/aromatic N) is 1. The second kappa shape index (κ2) is 5.82. The Balaban J connectivity index is 2.11. The van der Waals surface area contributed by atoms with Gasteiger partial charge in [-0.1, -0.05) is 71.8 Å². The van der Waals surface area contributed by atoms with Gasteiger partial charge in [-0.15, -0.1) is 0 Å². The van der Waals surface area contributed by atoms with Crippen molar-refractivity contribution in [1.29, 1.82) is 0 Å². The molecular formula is C24H16ClN. The number of hydrogen-bond acceptors (Lipinski definition) is 1. The molecule has 0 saturated heterocycles. The molecule has 0 bridgehead atoms. The number of benzene rings is 4. The van der Waals surface area contributed by atoms with Crippen LogP contribution in [0.2, 0.25) is 5.02 Å². The van der Waals surface area contributed by atoms with E-state index in [-0.39, 0.29) is 0 Å². The Bertz CT molecular complexity index is 1300. The molecule has 0 saturated carbocycles. The topological polar surface area (TPSA) is 12.9 Å². The molecule has 0 fully saturated rings. The van der Waals surface area contributed by atoms with Crippen LogP contribution in [0.4, 0.5) is 0 Å². The molecule has 0 amide bonds. The fraction of sp³-hybridized carbons (Fsp3) is 0.0417. The van der Waals surface area contributed by atoms with Gasteiger partial charge in [0.25, 0.3) is 0 Å². The number of aromatic nitrogens is 1. The van der Waals surface area contributed by atoms with Crippen LogP contribution >= 0.6 is 11.6 Å². The van der Waals surface area contributed by atoms with Crippen molar-refractivity contribution in [2.75, 3.05) is 0 Å². The van der Waals surface area contributed by atoms with Crippen molar-refractivity contribution in [1.82, 2.24) is 4.98 Å². The van der Waals surface area contributed by atoms with Gasteiger partial charge in [-0.2, -0.15) is 0 Å². The summed E-state index contributed by atoms with van der Waals surface area (Å²) in [5.74, 6) is 0. The van der Waals surface area contributed by atoms with Crippen LogP contribution in [-0.2, 0) is 0 Å². The lowest BCUT2D eigenvalue weighted by atomic mass is 9.92. The summed E-state index contributed by atoms with van der Waals surface area (Å²) in [7, 11) is 0. The molecular weight excluding hydrogens is 338 g/mol. The summed E-state index contributed by atoms with van der Waals surface area (Å²) in [5, 5.41) is 5.48. The van der Waals surface area contributed by atoms with Crippen molar-refractivity contribution in [3.63, 3.8) is 0 Å². The van der Waals surface area contributed by atoms with Crippen molar-refractivity contribution in [2.24, 2.45) is 0 Å². The van der Waals surface area contributed by atoms with E-state index in [0.717, 1.165) is 38.0 Å². The smallest absolute Gasteiger partial charge is 0.0722 e. The third-order valence-electron chi connectivity index (χ3n) is 4.96. The molecule has 1 aromatic heterocycles. The molecule has 2 heteroatoms. The van der Waals surface area contributed by atoms with E-state index in [4.69, 9.17) is 16.6 Å². The minimum atomic E-state index is 0.760. The second-order valence-corrected chi connectivity index (χ2v) is 7.08. The average Bonchev–Trinajstić information content (AvgIpc) is 2.67. The van der Waals surface area contributed by atoms with Crippen LogP contribution in [-0.4, -0.2) is 4.98 Å². The van der Waals surface area contributed by atoms with Crippen LogP contribution in [0, 0.1) is 6.92 Å². The van der Waals surface area contributed by atoms with Crippen LogP contribution in [0.5, 0.6) is 0 Å². The van der Waals surface area contributed by atoms with E-state index in [0.29, 0.717) is 0 Å². The van der Waals surface area contributed by atoms with Crippen molar-refractivity contribution in [2.45, 2.75) is 6.92 Å². The van der Waals surface area contributed by atoms with Gasteiger partial charge in [-0.3, -0.25) is 0 Å². The predicted molar refractivity (Wildman–Crippen MR) is 112 cm³/mol. The van der Waals surface area contributed by atoms with Gasteiger partial charge in [0.1, 0.15) is 0 Å². The van der Waals surface area contributed by atoms with E-state index < -0.39 is 0 Å². The van der Waals surface area contributed by atoms with Gasteiger partial charge in [0.05, 0.1) is 11.0 Å². The van der Waals surface area contributed by atoms with Gasteiger partial charge in [0.2, 0.25) is 0 Å². The molecule has 0 radical (unpaired) electrons. The van der Waals surface area contributed by atoms with Gasteiger partial charge in [0.15, 0.2) is 0 Å². The minimum absolute atomic E-state index is 0.760. The van der Waals surface area contributed by atoms with Crippen LogP contribution in [0.15, 0.2) is 78.9 Å². The third-order valence-corrected chi connectivity index (χ3v) is 5.29. The van der Waals surface area contributed by atoms with Gasteiger partial charge in [-0.05, 0) is 42.0 Å². The van der Waals surface area contributed by atoms with Crippen molar-refractivity contribution < 1.29 is 0 Å². The lowest BCUT2D eigenvalue weighted by Gasteiger charge is -2.15. The zero-order chi connectivity index (χ0) is 17.7. The fourth-order valence-corrected chi connectivity index (χ4v) is 4.00. The molecule has 0 aliphatic rings. The Morgan fingerprint density at radius 2 is 1.50 bits per heavy atom. The first-order chi connectivity index (χ1) is 12.7. The fourth-order valence-electron chi connectivity index (χ4n) is 3.77. The Hall–Kier alpha value is -2.90. The predicted octanol–water partition coefficient (Wildman–Crippen LogP) is 7.17. The maximum Gasteiger partial charge on any atom is 0.0722 e. The SMILES string of the molecule is Cc1ccc2nc3ccc4ccccc4c3c(-c3ccccc3Cl)c2c1. The summed E-state index contributed by atoms with van der Waals surface area (Å²) in [6.45, 7) is 2.11. The summed E-state index contributed by atoms with van der Waals surface area (Å²) >= 11 is 6.63. The standard InChI is InChI=1S/C24H16ClN/c1-15-10-12-21-19(14-15)23(18-8-4-5-9-20(18)25)24-17-7-3-2-6-16(17)11-13-22(24)26-21/h2-14H,1H3. The van der Waals surface area contributed by atoms with Crippen molar-refractivity contribution in [3.8, 4) is 11.1 Å². The van der Waals surface area contributed by atoms with Gasteiger partial charge in [0, 0.05) is 26.9 Å². The normalized spacial score (nSPS) is 11.5. The zero-order valence-electron chi connectivity index (χ0n) is 14.3. The third kappa shape index (κ3) is 2.28. The van der Waals surface area contributed by atoms with E-state index in [2.05, 4.69) is 67.6 Å². The van der Waals surface area contributed by atoms with Crippen LogP contribution in [0.3, 0.4) is 0 Å². The Morgan fingerprint density at radius 3 is 2.38 bits per heavy atom. The van der Waals surface area contributed by atoms with Crippen LogP contribution < -0.4 is 0 Å². The van der Waals surface area contributed by atoms with E-state index in [9.17, 15) is 0 Å². The zero-order valence-corrected chi connectivity index (χ0v) is 15.1. The largest absolute Gasteiger partial charge is 0.248 e. The highest BCUT2D eigenvalue weighted by atomic mass is 35.5. The summed E-state index contributed by atoms with van der Waals surface area (Å²) in [5.41, 5.74) is 5.42. The van der Waals surface area contributed by atoms with Gasteiger partial charge in [-0.25, -0.2) is 4.98 Å². The molecule has 0 N–H and O–H groups in total. The van der Waals surface area contributed by atoms with Crippen molar-refractivity contribution in [3.05, 3.63) is 89.4 Å². The Labute approximate surface area is 156 Å². The quantitative estimate of drug-likeness (QED) is 0.230. The first kappa shape index (κ1) is 15.4. The highest BCUT2D eigenvalue weighted by molar-refractivity contribution is 6.35. The lowest BCUT2D eigenvalue weighted by Crippen LogP contribution is -1.92. The summed E-state index contributed by atoms with van der Waals surface area (Å²) in [6, 6.07) is 27.2. The molecule has 0 aliphatic carbocycles. The number of fused-ring (bicyclic) bond motifs is 4. The number of aryl methyl sites for hydroxylation is 1. The van der Waals surface area contributed by atoms with Crippen LogP contribution in [0.25, 0.3) is 43.7 Å². The van der Waals surface area contributed by atoms with Gasteiger partial charge >= 0.3 is 0 Å². The number of halogens is 1. The molecule has 26 heavy (non-hydrogen) atoms. The first-order valence-corrected chi connectivity index (χ1v) is 9.07.